The van der Waals surface area contributed by atoms with Gasteiger partial charge in [0.15, 0.2) is 0 Å². The molecule has 2 saturated heterocycles. The fourth-order valence-electron chi connectivity index (χ4n) is 3.00. The van der Waals surface area contributed by atoms with Gasteiger partial charge in [-0.15, -0.1) is 0 Å². The number of rotatable bonds is 5. The molecule has 2 unspecified atom stereocenters. The number of nitrogens with two attached hydrogens (primary N) is 1. The van der Waals surface area contributed by atoms with Crippen molar-refractivity contribution in [1.29, 1.82) is 0 Å². The van der Waals surface area contributed by atoms with Gasteiger partial charge in [0.05, 0.1) is 12.1 Å². The van der Waals surface area contributed by atoms with Crippen molar-refractivity contribution in [1.82, 2.24) is 10.2 Å². The third-order valence-electron chi connectivity index (χ3n) is 3.94. The Balaban J connectivity index is 2.13. The van der Waals surface area contributed by atoms with Crippen LogP contribution in [0.1, 0.15) is 19.8 Å². The maximum absolute atomic E-state index is 11.4. The van der Waals surface area contributed by atoms with E-state index in [1.54, 1.807) is 11.8 Å². The summed E-state index contributed by atoms with van der Waals surface area (Å²) in [4.78, 5) is 23.8. The maximum atomic E-state index is 11.4. The summed E-state index contributed by atoms with van der Waals surface area (Å²) in [6, 6.07) is -0.780. The molecule has 0 aromatic heterocycles. The van der Waals surface area contributed by atoms with E-state index in [0.717, 1.165) is 12.8 Å². The zero-order valence-electron chi connectivity index (χ0n) is 11.9. The summed E-state index contributed by atoms with van der Waals surface area (Å²) >= 11 is 17.7. The minimum absolute atomic E-state index is 0.202. The van der Waals surface area contributed by atoms with E-state index in [1.165, 1.54) is 0 Å². The monoisotopic (exact) mass is 373 g/mol. The first-order chi connectivity index (χ1) is 10.3. The molecule has 7 nitrogen and oxygen atoms in total. The Labute approximate surface area is 143 Å². The number of primary amides is 1. The Bertz CT molecular complexity index is 434. The van der Waals surface area contributed by atoms with Gasteiger partial charge in [-0.05, 0) is 19.8 Å². The van der Waals surface area contributed by atoms with Gasteiger partial charge in [0.2, 0.25) is 15.9 Å². The van der Waals surface area contributed by atoms with E-state index < -0.39 is 28.2 Å². The van der Waals surface area contributed by atoms with Crippen molar-refractivity contribution in [2.45, 2.75) is 54.2 Å². The lowest BCUT2D eigenvalue weighted by Crippen LogP contribution is -2.55. The summed E-state index contributed by atoms with van der Waals surface area (Å²) < 4.78 is 8.92. The number of ether oxygens (including phenoxy) is 2. The molecule has 0 bridgehead atoms. The number of amides is 1. The number of hydrogen-bond acceptors (Lipinski definition) is 6. The van der Waals surface area contributed by atoms with Gasteiger partial charge in [-0.1, -0.05) is 34.8 Å². The van der Waals surface area contributed by atoms with Crippen molar-refractivity contribution < 1.29 is 19.1 Å². The number of hydrogen-bond donors (Lipinski definition) is 2. The van der Waals surface area contributed by atoms with Crippen LogP contribution < -0.4 is 11.1 Å². The van der Waals surface area contributed by atoms with Gasteiger partial charge in [-0.2, -0.15) is 0 Å². The minimum atomic E-state index is -1.79. The van der Waals surface area contributed by atoms with Crippen LogP contribution in [-0.4, -0.2) is 58.3 Å². The van der Waals surface area contributed by atoms with Crippen molar-refractivity contribution in [3.63, 3.8) is 0 Å². The molecule has 0 aromatic rings. The maximum Gasteiger partial charge on any atom is 0.294 e. The summed E-state index contributed by atoms with van der Waals surface area (Å²) in [7, 11) is 0. The Kier molecular flexibility index (Phi) is 5.79. The molecule has 0 saturated carbocycles. The fraction of sp³-hybridized carbons (Fsp3) is 0.833. The number of nitrogens with zero attached hydrogens (tertiary/aromatic N) is 1. The van der Waals surface area contributed by atoms with Crippen LogP contribution in [0, 0.1) is 0 Å². The van der Waals surface area contributed by atoms with Crippen LogP contribution in [0.3, 0.4) is 0 Å². The summed E-state index contributed by atoms with van der Waals surface area (Å²) in [5, 5.41) is 3.05. The topological polar surface area (TPSA) is 93.9 Å². The number of alkyl halides is 3. The molecule has 2 heterocycles. The van der Waals surface area contributed by atoms with Gasteiger partial charge in [-0.25, -0.2) is 0 Å². The molecule has 2 aliphatic rings. The lowest BCUT2D eigenvalue weighted by molar-refractivity contribution is -0.147. The van der Waals surface area contributed by atoms with Crippen LogP contribution in [0.2, 0.25) is 0 Å². The molecule has 22 heavy (non-hydrogen) atoms. The summed E-state index contributed by atoms with van der Waals surface area (Å²) in [6.07, 6.45) is -0.282. The van der Waals surface area contributed by atoms with Crippen molar-refractivity contribution in [2.75, 3.05) is 6.54 Å². The van der Waals surface area contributed by atoms with E-state index >= 15 is 0 Å². The second kappa shape index (κ2) is 7.07. The number of carbonyl (C=O) groups excluding carboxylic acids is 2. The summed E-state index contributed by atoms with van der Waals surface area (Å²) in [5.41, 5.74) is 5.33. The van der Waals surface area contributed by atoms with Gasteiger partial charge >= 0.3 is 0 Å². The third kappa shape index (κ3) is 3.77. The van der Waals surface area contributed by atoms with Gasteiger partial charge in [0.1, 0.15) is 12.3 Å². The van der Waals surface area contributed by atoms with Crippen molar-refractivity contribution in [3.05, 3.63) is 0 Å². The summed E-state index contributed by atoms with van der Waals surface area (Å²) in [6.45, 7) is 2.59. The van der Waals surface area contributed by atoms with Crippen molar-refractivity contribution in [2.24, 2.45) is 5.73 Å². The third-order valence-corrected chi connectivity index (χ3v) is 4.50. The largest absolute Gasteiger partial charge is 0.444 e. The molecule has 3 N–H and O–H groups in total. The van der Waals surface area contributed by atoms with Crippen LogP contribution in [0.15, 0.2) is 0 Å². The molecule has 0 radical (unpaired) electrons. The first-order valence-electron chi connectivity index (χ1n) is 6.88. The molecular formula is C12H18Cl3N3O4. The standard InChI is InChI=1S/C12H18Cl3N3O4/c1-6-8(9(16)20)17-10(22-6)7-3-2-4-18(7)11(21-5-19)12(13,14)15/h5-8,10-11,17H,2-4H2,1H3,(H2,16,20)/t6-,7?,8+,10?,11+/m1/s1. The van der Waals surface area contributed by atoms with E-state index in [9.17, 15) is 9.59 Å². The molecular weight excluding hydrogens is 357 g/mol. The molecule has 0 aromatic carbocycles. The van der Waals surface area contributed by atoms with Crippen molar-refractivity contribution in [3.8, 4) is 0 Å². The number of nitrogens with one attached hydrogen (secondary N) is 1. The molecule has 2 fully saturated rings. The predicted molar refractivity (Wildman–Crippen MR) is 81.4 cm³/mol. The van der Waals surface area contributed by atoms with Gasteiger partial charge < -0.3 is 15.2 Å². The molecule has 2 rings (SSSR count). The lowest BCUT2D eigenvalue weighted by atomic mass is 10.1. The quantitative estimate of drug-likeness (QED) is 0.538. The van der Waals surface area contributed by atoms with Gasteiger partial charge in [0.25, 0.3) is 6.47 Å². The zero-order valence-corrected chi connectivity index (χ0v) is 14.1. The highest BCUT2D eigenvalue weighted by molar-refractivity contribution is 6.68. The molecule has 0 aliphatic carbocycles. The number of halogens is 3. The van der Waals surface area contributed by atoms with Crippen LogP contribution in [-0.2, 0) is 19.1 Å². The van der Waals surface area contributed by atoms with Crippen molar-refractivity contribution >= 4 is 47.2 Å². The first kappa shape index (κ1) is 18.0. The Morgan fingerprint density at radius 1 is 1.55 bits per heavy atom. The highest BCUT2D eigenvalue weighted by Gasteiger charge is 2.49. The molecule has 5 atom stereocenters. The molecule has 1 amide bonds. The molecule has 126 valence electrons. The van der Waals surface area contributed by atoms with E-state index in [2.05, 4.69) is 5.32 Å². The zero-order chi connectivity index (χ0) is 16.5. The first-order valence-corrected chi connectivity index (χ1v) is 8.01. The average Bonchev–Trinajstić information content (AvgIpc) is 3.00. The van der Waals surface area contributed by atoms with E-state index in [-0.39, 0.29) is 18.6 Å². The Hall–Kier alpha value is -0.310. The highest BCUT2D eigenvalue weighted by Crippen LogP contribution is 2.38. The minimum Gasteiger partial charge on any atom is -0.444 e. The van der Waals surface area contributed by atoms with Crippen LogP contribution >= 0.6 is 34.8 Å². The predicted octanol–water partition coefficient (Wildman–Crippen LogP) is 0.508. The fourth-order valence-corrected chi connectivity index (χ4v) is 3.53. The van der Waals surface area contributed by atoms with Gasteiger partial charge in [-0.3, -0.25) is 19.8 Å². The SMILES string of the molecule is C[C@H]1OC(C2CCCN2[C@@H](OC=O)C(Cl)(Cl)Cl)N[C@@H]1C(N)=O. The van der Waals surface area contributed by atoms with E-state index in [1.807, 2.05) is 0 Å². The Morgan fingerprint density at radius 2 is 2.23 bits per heavy atom. The second-order valence-electron chi connectivity index (χ2n) is 5.38. The number of likely N-dealkylation sites (tertiary alicyclic amines) is 1. The second-order valence-corrected chi connectivity index (χ2v) is 7.75. The van der Waals surface area contributed by atoms with Crippen LogP contribution in [0.25, 0.3) is 0 Å². The molecule has 10 heteroatoms. The normalized spacial score (nSPS) is 34.5. The van der Waals surface area contributed by atoms with Crippen LogP contribution in [0.4, 0.5) is 0 Å². The van der Waals surface area contributed by atoms with Crippen LogP contribution in [0.5, 0.6) is 0 Å². The summed E-state index contributed by atoms with van der Waals surface area (Å²) in [5.74, 6) is -0.485. The number of carbonyl (C=O) groups is 2. The average molecular weight is 375 g/mol. The Morgan fingerprint density at radius 3 is 2.73 bits per heavy atom. The highest BCUT2D eigenvalue weighted by atomic mass is 35.6. The van der Waals surface area contributed by atoms with E-state index in [4.69, 9.17) is 50.0 Å². The smallest absolute Gasteiger partial charge is 0.294 e. The van der Waals surface area contributed by atoms with Gasteiger partial charge in [0, 0.05) is 6.54 Å². The lowest BCUT2D eigenvalue weighted by Gasteiger charge is -2.37. The molecule has 0 spiro atoms. The molecule has 2 aliphatic heterocycles. The van der Waals surface area contributed by atoms with E-state index in [0.29, 0.717) is 6.54 Å².